The summed E-state index contributed by atoms with van der Waals surface area (Å²) in [5, 5.41) is 2.85. The molecule has 6 nitrogen and oxygen atoms in total. The molecule has 0 unspecified atom stereocenters. The van der Waals surface area contributed by atoms with Crippen LogP contribution in [0.15, 0.2) is 22.7 Å². The number of ether oxygens (including phenoxy) is 1. The van der Waals surface area contributed by atoms with Crippen molar-refractivity contribution in [2.75, 3.05) is 51.3 Å². The lowest BCUT2D eigenvalue weighted by Gasteiger charge is -2.29. The lowest BCUT2D eigenvalue weighted by molar-refractivity contribution is -0.133. The second kappa shape index (κ2) is 9.15. The molecule has 1 N–H and O–H groups in total. The second-order valence-corrected chi connectivity index (χ2v) is 6.76. The molecule has 24 heavy (non-hydrogen) atoms. The molecule has 1 aliphatic heterocycles. The molecule has 1 saturated heterocycles. The summed E-state index contributed by atoms with van der Waals surface area (Å²) in [6, 6.07) is 5.63. The van der Waals surface area contributed by atoms with Crippen LogP contribution in [0.5, 0.6) is 0 Å². The van der Waals surface area contributed by atoms with Crippen LogP contribution < -0.4 is 5.32 Å². The van der Waals surface area contributed by atoms with Crippen molar-refractivity contribution in [2.45, 2.75) is 13.8 Å². The molecule has 0 saturated carbocycles. The predicted octanol–water partition coefficient (Wildman–Crippen LogP) is 1.88. The number of nitrogens with one attached hydrogen (secondary N) is 1. The first-order chi connectivity index (χ1) is 11.5. The van der Waals surface area contributed by atoms with Crippen LogP contribution in [0, 0.1) is 6.92 Å². The van der Waals surface area contributed by atoms with Crippen molar-refractivity contribution in [3.05, 3.63) is 28.2 Å². The summed E-state index contributed by atoms with van der Waals surface area (Å²) in [4.78, 5) is 27.8. The molecule has 0 aromatic heterocycles. The Morgan fingerprint density at radius 2 is 2.04 bits per heavy atom. The molecule has 0 spiro atoms. The van der Waals surface area contributed by atoms with Gasteiger partial charge in [-0.15, -0.1) is 0 Å². The second-order valence-electron chi connectivity index (χ2n) is 5.91. The highest BCUT2D eigenvalue weighted by molar-refractivity contribution is 9.10. The lowest BCUT2D eigenvalue weighted by Crippen LogP contribution is -2.44. The highest BCUT2D eigenvalue weighted by Crippen LogP contribution is 2.19. The maximum atomic E-state index is 12.2. The summed E-state index contributed by atoms with van der Waals surface area (Å²) >= 11 is 3.43. The number of halogens is 1. The Balaban J connectivity index is 1.85. The molecule has 7 heteroatoms. The van der Waals surface area contributed by atoms with Gasteiger partial charge in [0.1, 0.15) is 0 Å². The molecule has 1 heterocycles. The van der Waals surface area contributed by atoms with Crippen molar-refractivity contribution < 1.29 is 14.3 Å². The standard InChI is InChI=1S/C17H24BrN3O3/c1-13-11-15(3-4-16(13)18)19-17(23)12-21(14(2)22)6-5-20-7-9-24-10-8-20/h3-4,11H,5-10,12H2,1-2H3,(H,19,23). The SMILES string of the molecule is CC(=O)N(CCN1CCOCC1)CC(=O)Nc1ccc(Br)c(C)c1. The third-order valence-electron chi connectivity index (χ3n) is 4.01. The number of hydrogen-bond donors (Lipinski definition) is 1. The van der Waals surface area contributed by atoms with Crippen LogP contribution in [0.1, 0.15) is 12.5 Å². The average molecular weight is 398 g/mol. The third-order valence-corrected chi connectivity index (χ3v) is 4.90. The van der Waals surface area contributed by atoms with E-state index in [0.29, 0.717) is 6.54 Å². The minimum Gasteiger partial charge on any atom is -0.379 e. The Morgan fingerprint density at radius 1 is 1.33 bits per heavy atom. The number of anilines is 1. The van der Waals surface area contributed by atoms with Gasteiger partial charge in [-0.2, -0.15) is 0 Å². The lowest BCUT2D eigenvalue weighted by atomic mass is 10.2. The minimum absolute atomic E-state index is 0.0643. The maximum Gasteiger partial charge on any atom is 0.243 e. The Kier molecular flexibility index (Phi) is 7.20. The minimum atomic E-state index is -0.186. The Morgan fingerprint density at radius 3 is 2.67 bits per heavy atom. The van der Waals surface area contributed by atoms with E-state index in [1.165, 1.54) is 6.92 Å². The average Bonchev–Trinajstić information content (AvgIpc) is 2.55. The number of carbonyl (C=O) groups is 2. The van der Waals surface area contributed by atoms with Gasteiger partial charge in [-0.3, -0.25) is 14.5 Å². The zero-order valence-corrected chi connectivity index (χ0v) is 15.8. The molecule has 1 aromatic carbocycles. The smallest absolute Gasteiger partial charge is 0.243 e. The first-order valence-electron chi connectivity index (χ1n) is 8.07. The number of morpholine rings is 1. The van der Waals surface area contributed by atoms with E-state index in [2.05, 4.69) is 26.1 Å². The summed E-state index contributed by atoms with van der Waals surface area (Å²) in [5.74, 6) is -0.278. The van der Waals surface area contributed by atoms with E-state index < -0.39 is 0 Å². The molecular weight excluding hydrogens is 374 g/mol. The summed E-state index contributed by atoms with van der Waals surface area (Å²) < 4.78 is 6.31. The van der Waals surface area contributed by atoms with Gasteiger partial charge in [-0.1, -0.05) is 15.9 Å². The van der Waals surface area contributed by atoms with Crippen LogP contribution in [0.3, 0.4) is 0 Å². The summed E-state index contributed by atoms with van der Waals surface area (Å²) in [7, 11) is 0. The van der Waals surface area contributed by atoms with Crippen LogP contribution in [-0.2, 0) is 14.3 Å². The third kappa shape index (κ3) is 5.89. The van der Waals surface area contributed by atoms with Crippen molar-refractivity contribution in [2.24, 2.45) is 0 Å². The van der Waals surface area contributed by atoms with Gasteiger partial charge in [0.15, 0.2) is 0 Å². The normalized spacial score (nSPS) is 15.1. The van der Waals surface area contributed by atoms with Crippen molar-refractivity contribution in [3.63, 3.8) is 0 Å². The molecule has 2 rings (SSSR count). The molecule has 0 radical (unpaired) electrons. The van der Waals surface area contributed by atoms with E-state index >= 15 is 0 Å². The van der Waals surface area contributed by atoms with Gasteiger partial charge >= 0.3 is 0 Å². The zero-order valence-electron chi connectivity index (χ0n) is 14.2. The van der Waals surface area contributed by atoms with Gasteiger partial charge in [0, 0.05) is 43.3 Å². The van der Waals surface area contributed by atoms with Gasteiger partial charge in [-0.05, 0) is 30.7 Å². The summed E-state index contributed by atoms with van der Waals surface area (Å²) in [6.45, 7) is 8.02. The Bertz CT molecular complexity index is 588. The van der Waals surface area contributed by atoms with Crippen molar-refractivity contribution in [1.82, 2.24) is 9.80 Å². The molecule has 0 atom stereocenters. The Hall–Kier alpha value is -1.44. The van der Waals surface area contributed by atoms with Crippen molar-refractivity contribution in [3.8, 4) is 0 Å². The van der Waals surface area contributed by atoms with Crippen LogP contribution in [-0.4, -0.2) is 67.6 Å². The molecule has 132 valence electrons. The van der Waals surface area contributed by atoms with E-state index in [1.807, 2.05) is 25.1 Å². The number of hydrogen-bond acceptors (Lipinski definition) is 4. The quantitative estimate of drug-likeness (QED) is 0.795. The molecule has 1 aliphatic rings. The fourth-order valence-electron chi connectivity index (χ4n) is 2.53. The number of nitrogens with zero attached hydrogens (tertiary/aromatic N) is 2. The van der Waals surface area contributed by atoms with Crippen LogP contribution in [0.25, 0.3) is 0 Å². The largest absolute Gasteiger partial charge is 0.379 e. The zero-order chi connectivity index (χ0) is 17.5. The maximum absolute atomic E-state index is 12.2. The molecule has 1 aromatic rings. The van der Waals surface area contributed by atoms with Gasteiger partial charge in [0.05, 0.1) is 19.8 Å². The fraction of sp³-hybridized carbons (Fsp3) is 0.529. The highest BCUT2D eigenvalue weighted by Gasteiger charge is 2.17. The number of aryl methyl sites for hydroxylation is 1. The number of rotatable bonds is 6. The van der Waals surface area contributed by atoms with Crippen LogP contribution >= 0.6 is 15.9 Å². The van der Waals surface area contributed by atoms with E-state index in [1.54, 1.807) is 4.90 Å². The number of amides is 2. The van der Waals surface area contributed by atoms with E-state index in [-0.39, 0.29) is 18.4 Å². The molecular formula is C17H24BrN3O3. The first-order valence-corrected chi connectivity index (χ1v) is 8.86. The molecule has 2 amide bonds. The molecule has 0 bridgehead atoms. The van der Waals surface area contributed by atoms with Gasteiger partial charge in [0.25, 0.3) is 0 Å². The van der Waals surface area contributed by atoms with Gasteiger partial charge in [0.2, 0.25) is 11.8 Å². The first kappa shape index (κ1) is 18.9. The van der Waals surface area contributed by atoms with E-state index in [9.17, 15) is 9.59 Å². The Labute approximate surface area is 151 Å². The fourth-order valence-corrected chi connectivity index (χ4v) is 2.78. The van der Waals surface area contributed by atoms with E-state index in [4.69, 9.17) is 4.74 Å². The summed E-state index contributed by atoms with van der Waals surface area (Å²) in [6.07, 6.45) is 0. The monoisotopic (exact) mass is 397 g/mol. The van der Waals surface area contributed by atoms with Gasteiger partial charge < -0.3 is 15.0 Å². The predicted molar refractivity (Wildman–Crippen MR) is 97.0 cm³/mol. The molecule has 0 aliphatic carbocycles. The van der Waals surface area contributed by atoms with Gasteiger partial charge in [-0.25, -0.2) is 0 Å². The molecule has 1 fully saturated rings. The highest BCUT2D eigenvalue weighted by atomic mass is 79.9. The van der Waals surface area contributed by atoms with Crippen molar-refractivity contribution in [1.29, 1.82) is 0 Å². The topological polar surface area (TPSA) is 61.9 Å². The number of benzene rings is 1. The summed E-state index contributed by atoms with van der Waals surface area (Å²) in [5.41, 5.74) is 1.78. The van der Waals surface area contributed by atoms with Crippen LogP contribution in [0.2, 0.25) is 0 Å². The van der Waals surface area contributed by atoms with E-state index in [0.717, 1.165) is 48.6 Å². The number of carbonyl (C=O) groups excluding carboxylic acids is 2. The van der Waals surface area contributed by atoms with Crippen molar-refractivity contribution >= 4 is 33.4 Å². The van der Waals surface area contributed by atoms with Crippen LogP contribution in [0.4, 0.5) is 5.69 Å².